The first-order valence-corrected chi connectivity index (χ1v) is 7.20. The zero-order chi connectivity index (χ0) is 14.0. The number of amides is 1. The van der Waals surface area contributed by atoms with Crippen molar-refractivity contribution in [1.29, 1.82) is 0 Å². The maximum absolute atomic E-state index is 12.0. The summed E-state index contributed by atoms with van der Waals surface area (Å²) in [6.45, 7) is 0.369. The lowest BCUT2D eigenvalue weighted by Crippen LogP contribution is -2.41. The third-order valence-electron chi connectivity index (χ3n) is 4.17. The molecule has 0 bridgehead atoms. The molecule has 106 valence electrons. The molecule has 0 unspecified atom stereocenters. The molecule has 1 aliphatic rings. The first-order valence-electron chi connectivity index (χ1n) is 7.20. The molecular formula is C16H20N2O2. The number of nitrogens with one attached hydrogen (secondary N) is 2. The van der Waals surface area contributed by atoms with E-state index >= 15 is 0 Å². The summed E-state index contributed by atoms with van der Waals surface area (Å²) in [5, 5.41) is 14.2. The lowest BCUT2D eigenvalue weighted by Gasteiger charge is -2.22. The molecule has 0 radical (unpaired) electrons. The zero-order valence-corrected chi connectivity index (χ0v) is 11.5. The third-order valence-corrected chi connectivity index (χ3v) is 4.17. The number of H-pyrrole nitrogens is 1. The summed E-state index contributed by atoms with van der Waals surface area (Å²) < 4.78 is 0. The molecule has 1 fully saturated rings. The first-order chi connectivity index (χ1) is 9.66. The van der Waals surface area contributed by atoms with Crippen LogP contribution in [0.25, 0.3) is 10.9 Å². The minimum absolute atomic E-state index is 0.0323. The van der Waals surface area contributed by atoms with Crippen molar-refractivity contribution in [2.24, 2.45) is 0 Å². The molecular weight excluding hydrogens is 252 g/mol. The van der Waals surface area contributed by atoms with Crippen molar-refractivity contribution in [3.05, 3.63) is 36.0 Å². The van der Waals surface area contributed by atoms with Gasteiger partial charge in [-0.15, -0.1) is 0 Å². The van der Waals surface area contributed by atoms with Gasteiger partial charge in [-0.3, -0.25) is 4.79 Å². The van der Waals surface area contributed by atoms with Crippen LogP contribution >= 0.6 is 0 Å². The molecule has 0 atom stereocenters. The van der Waals surface area contributed by atoms with E-state index in [1.165, 1.54) is 0 Å². The number of benzene rings is 1. The molecule has 0 aliphatic heterocycles. The molecule has 1 aromatic carbocycles. The number of aromatic amines is 1. The summed E-state index contributed by atoms with van der Waals surface area (Å²) in [4.78, 5) is 15.2. The van der Waals surface area contributed by atoms with E-state index in [2.05, 4.69) is 10.3 Å². The molecule has 3 N–H and O–H groups in total. The van der Waals surface area contributed by atoms with Gasteiger partial charge in [0.2, 0.25) is 5.91 Å². The summed E-state index contributed by atoms with van der Waals surface area (Å²) in [6, 6.07) is 7.95. The van der Waals surface area contributed by atoms with E-state index < -0.39 is 5.60 Å². The Labute approximate surface area is 118 Å². The number of para-hydroxylation sites is 1. The lowest BCUT2D eigenvalue weighted by atomic mass is 10.0. The standard InChI is InChI=1S/C16H20N2O2/c19-15(18-11-16(20)7-3-4-8-16)9-12-10-17-14-6-2-1-5-13(12)14/h1-2,5-6,10,17,20H,3-4,7-9,11H2,(H,18,19). The highest BCUT2D eigenvalue weighted by molar-refractivity contribution is 5.88. The molecule has 3 rings (SSSR count). The van der Waals surface area contributed by atoms with Crippen molar-refractivity contribution in [2.75, 3.05) is 6.54 Å². The van der Waals surface area contributed by atoms with E-state index in [9.17, 15) is 9.90 Å². The van der Waals surface area contributed by atoms with E-state index in [1.54, 1.807) is 0 Å². The first kappa shape index (κ1) is 13.2. The number of hydrogen-bond donors (Lipinski definition) is 3. The van der Waals surface area contributed by atoms with Gasteiger partial charge in [-0.25, -0.2) is 0 Å². The minimum atomic E-state index is -0.685. The van der Waals surface area contributed by atoms with Crippen LogP contribution in [0.5, 0.6) is 0 Å². The third kappa shape index (κ3) is 2.70. The van der Waals surface area contributed by atoms with E-state index in [0.29, 0.717) is 13.0 Å². The monoisotopic (exact) mass is 272 g/mol. The number of hydrogen-bond acceptors (Lipinski definition) is 2. The average molecular weight is 272 g/mol. The van der Waals surface area contributed by atoms with Crippen molar-refractivity contribution in [3.63, 3.8) is 0 Å². The van der Waals surface area contributed by atoms with Crippen molar-refractivity contribution in [2.45, 2.75) is 37.7 Å². The zero-order valence-electron chi connectivity index (χ0n) is 11.5. The summed E-state index contributed by atoms with van der Waals surface area (Å²) >= 11 is 0. The van der Waals surface area contributed by atoms with Crippen LogP contribution in [0, 0.1) is 0 Å². The Morgan fingerprint density at radius 3 is 2.85 bits per heavy atom. The van der Waals surface area contributed by atoms with Crippen molar-refractivity contribution >= 4 is 16.8 Å². The van der Waals surface area contributed by atoms with Crippen LogP contribution in [0.4, 0.5) is 0 Å². The van der Waals surface area contributed by atoms with Gasteiger partial charge in [0.15, 0.2) is 0 Å². The predicted octanol–water partition coefficient (Wildman–Crippen LogP) is 2.13. The largest absolute Gasteiger partial charge is 0.388 e. The second-order valence-electron chi connectivity index (χ2n) is 5.74. The fourth-order valence-electron chi connectivity index (χ4n) is 2.99. The van der Waals surface area contributed by atoms with Crippen LogP contribution in [0.1, 0.15) is 31.2 Å². The van der Waals surface area contributed by atoms with E-state index in [1.807, 2.05) is 30.5 Å². The van der Waals surface area contributed by atoms with Gasteiger partial charge >= 0.3 is 0 Å². The van der Waals surface area contributed by atoms with Crippen LogP contribution < -0.4 is 5.32 Å². The van der Waals surface area contributed by atoms with E-state index in [-0.39, 0.29) is 5.91 Å². The smallest absolute Gasteiger partial charge is 0.224 e. The fourth-order valence-corrected chi connectivity index (χ4v) is 2.99. The van der Waals surface area contributed by atoms with Crippen LogP contribution in [0.2, 0.25) is 0 Å². The molecule has 20 heavy (non-hydrogen) atoms. The van der Waals surface area contributed by atoms with Crippen LogP contribution in [-0.4, -0.2) is 28.1 Å². The SMILES string of the molecule is O=C(Cc1c[nH]c2ccccc12)NCC1(O)CCCC1. The van der Waals surface area contributed by atoms with Crippen molar-refractivity contribution < 1.29 is 9.90 Å². The van der Waals surface area contributed by atoms with Gasteiger partial charge in [0.05, 0.1) is 12.0 Å². The Kier molecular flexibility index (Phi) is 3.49. The Hall–Kier alpha value is -1.81. The second kappa shape index (κ2) is 5.29. The summed E-state index contributed by atoms with van der Waals surface area (Å²) in [5.74, 6) is -0.0323. The highest BCUT2D eigenvalue weighted by Gasteiger charge is 2.31. The average Bonchev–Trinajstić information content (AvgIpc) is 3.05. The Balaban J connectivity index is 1.61. The normalized spacial score (nSPS) is 17.4. The fraction of sp³-hybridized carbons (Fsp3) is 0.438. The highest BCUT2D eigenvalue weighted by atomic mass is 16.3. The Morgan fingerprint density at radius 2 is 2.05 bits per heavy atom. The minimum Gasteiger partial charge on any atom is -0.388 e. The second-order valence-corrected chi connectivity index (χ2v) is 5.74. The van der Waals surface area contributed by atoms with Crippen molar-refractivity contribution in [1.82, 2.24) is 10.3 Å². The number of fused-ring (bicyclic) bond motifs is 1. The highest BCUT2D eigenvalue weighted by Crippen LogP contribution is 2.28. The van der Waals surface area contributed by atoms with E-state index in [0.717, 1.165) is 42.1 Å². The van der Waals surface area contributed by atoms with Gasteiger partial charge in [-0.05, 0) is 24.5 Å². The number of aromatic nitrogens is 1. The molecule has 0 saturated heterocycles. The molecule has 1 saturated carbocycles. The Bertz CT molecular complexity index is 612. The number of rotatable bonds is 4. The molecule has 1 heterocycles. The van der Waals surface area contributed by atoms with Crippen molar-refractivity contribution in [3.8, 4) is 0 Å². The maximum atomic E-state index is 12.0. The van der Waals surface area contributed by atoms with Gasteiger partial charge in [0, 0.05) is 23.6 Å². The van der Waals surface area contributed by atoms with Crippen LogP contribution in [0.3, 0.4) is 0 Å². The molecule has 0 spiro atoms. The lowest BCUT2D eigenvalue weighted by molar-refractivity contribution is -0.121. The molecule has 1 aliphatic carbocycles. The molecule has 4 nitrogen and oxygen atoms in total. The van der Waals surface area contributed by atoms with E-state index in [4.69, 9.17) is 0 Å². The number of carbonyl (C=O) groups is 1. The summed E-state index contributed by atoms with van der Waals surface area (Å²) in [7, 11) is 0. The van der Waals surface area contributed by atoms with Gasteiger partial charge < -0.3 is 15.4 Å². The van der Waals surface area contributed by atoms with Crippen LogP contribution in [-0.2, 0) is 11.2 Å². The summed E-state index contributed by atoms with van der Waals surface area (Å²) in [5.41, 5.74) is 1.36. The van der Waals surface area contributed by atoms with Gasteiger partial charge in [0.1, 0.15) is 0 Å². The van der Waals surface area contributed by atoms with Gasteiger partial charge in [0.25, 0.3) is 0 Å². The van der Waals surface area contributed by atoms with Crippen LogP contribution in [0.15, 0.2) is 30.5 Å². The predicted molar refractivity (Wildman–Crippen MR) is 78.4 cm³/mol. The molecule has 1 aromatic heterocycles. The topological polar surface area (TPSA) is 65.1 Å². The Morgan fingerprint density at radius 1 is 1.30 bits per heavy atom. The van der Waals surface area contributed by atoms with Gasteiger partial charge in [-0.2, -0.15) is 0 Å². The van der Waals surface area contributed by atoms with Gasteiger partial charge in [-0.1, -0.05) is 31.0 Å². The quantitative estimate of drug-likeness (QED) is 0.798. The number of aliphatic hydroxyl groups is 1. The molecule has 1 amide bonds. The summed E-state index contributed by atoms with van der Waals surface area (Å²) in [6.07, 6.45) is 5.92. The maximum Gasteiger partial charge on any atom is 0.224 e. The molecule has 2 aromatic rings. The number of carbonyl (C=O) groups excluding carboxylic acids is 1. The molecule has 4 heteroatoms.